The quantitative estimate of drug-likeness (QED) is 0.361. The van der Waals surface area contributed by atoms with Crippen LogP contribution in [-0.4, -0.2) is 45.6 Å². The average molecular weight is 490 g/mol. The molecule has 2 N–H and O–H groups in total. The second kappa shape index (κ2) is 8.90. The number of aromatic nitrogens is 8. The van der Waals surface area contributed by atoms with E-state index in [0.29, 0.717) is 22.9 Å². The van der Waals surface area contributed by atoms with E-state index in [1.807, 2.05) is 45.2 Å². The van der Waals surface area contributed by atoms with Crippen molar-refractivity contribution in [3.8, 4) is 33.9 Å². The Morgan fingerprint density at radius 3 is 2.59 bits per heavy atom. The van der Waals surface area contributed by atoms with E-state index in [1.165, 1.54) is 0 Å². The fraction of sp³-hybridized carbons (Fsp3) is 0.148. The molecule has 0 aromatic carbocycles. The number of anilines is 1. The highest BCUT2D eigenvalue weighted by molar-refractivity contribution is 5.98. The number of hydrogen-bond donors (Lipinski definition) is 2. The van der Waals surface area contributed by atoms with Crippen LogP contribution in [0.4, 0.5) is 5.69 Å². The lowest BCUT2D eigenvalue weighted by Gasteiger charge is -2.09. The third kappa shape index (κ3) is 4.08. The SMILES string of the molecule is CC(C)C(=O)Nc1cncc(-c2cc3c(-c4nc5c(-c6ccncc6)cncc5[nH]4)nn(C)c3cn2)c1. The third-order valence-corrected chi connectivity index (χ3v) is 6.17. The number of rotatable bonds is 5. The lowest BCUT2D eigenvalue weighted by molar-refractivity contribution is -0.118. The van der Waals surface area contributed by atoms with Crippen molar-refractivity contribution in [1.29, 1.82) is 0 Å². The molecule has 10 heteroatoms. The lowest BCUT2D eigenvalue weighted by Crippen LogP contribution is -2.17. The van der Waals surface area contributed by atoms with Gasteiger partial charge < -0.3 is 10.3 Å². The number of aryl methyl sites for hydroxylation is 1. The Kier molecular flexibility index (Phi) is 5.41. The molecule has 0 aliphatic carbocycles. The Morgan fingerprint density at radius 1 is 0.973 bits per heavy atom. The van der Waals surface area contributed by atoms with Crippen molar-refractivity contribution in [2.75, 3.05) is 5.32 Å². The molecule has 0 atom stereocenters. The van der Waals surface area contributed by atoms with Gasteiger partial charge in [-0.1, -0.05) is 13.8 Å². The van der Waals surface area contributed by atoms with Crippen molar-refractivity contribution in [3.05, 3.63) is 67.6 Å². The van der Waals surface area contributed by atoms with Gasteiger partial charge in [0.2, 0.25) is 5.91 Å². The van der Waals surface area contributed by atoms with Crippen LogP contribution in [0.25, 0.3) is 55.8 Å². The van der Waals surface area contributed by atoms with E-state index in [9.17, 15) is 4.79 Å². The Hall–Kier alpha value is -4.99. The van der Waals surface area contributed by atoms with Crippen molar-refractivity contribution >= 4 is 33.5 Å². The highest BCUT2D eigenvalue weighted by atomic mass is 16.1. The molecular weight excluding hydrogens is 466 g/mol. The van der Waals surface area contributed by atoms with Crippen molar-refractivity contribution in [3.63, 3.8) is 0 Å². The summed E-state index contributed by atoms with van der Waals surface area (Å²) < 4.78 is 1.79. The standard InChI is InChI=1S/C27H23N9O/c1-15(2)27(37)32-18-8-17(10-29-11-18)21-9-19-23(14-31-21)36(3)35-25(19)26-33-22-13-30-12-20(24(22)34-26)16-4-6-28-7-5-16/h4-15H,1-3H3,(H,32,37)(H,33,34). The second-order valence-electron chi connectivity index (χ2n) is 9.07. The van der Waals surface area contributed by atoms with Gasteiger partial charge in [-0.3, -0.25) is 29.4 Å². The Bertz CT molecular complexity index is 1770. The van der Waals surface area contributed by atoms with E-state index in [0.717, 1.165) is 38.6 Å². The van der Waals surface area contributed by atoms with Crippen molar-refractivity contribution in [2.45, 2.75) is 13.8 Å². The minimum Gasteiger partial charge on any atom is -0.335 e. The van der Waals surface area contributed by atoms with Gasteiger partial charge in [-0.2, -0.15) is 5.10 Å². The second-order valence-corrected chi connectivity index (χ2v) is 9.07. The van der Waals surface area contributed by atoms with Crippen LogP contribution in [0, 0.1) is 5.92 Å². The molecular formula is C27H23N9O. The van der Waals surface area contributed by atoms with Gasteiger partial charge in [0.1, 0.15) is 5.69 Å². The van der Waals surface area contributed by atoms with Gasteiger partial charge >= 0.3 is 0 Å². The number of H-pyrrole nitrogens is 1. The Labute approximate surface area is 211 Å². The summed E-state index contributed by atoms with van der Waals surface area (Å²) in [6, 6.07) is 7.71. The van der Waals surface area contributed by atoms with Crippen LogP contribution in [0.1, 0.15) is 13.8 Å². The summed E-state index contributed by atoms with van der Waals surface area (Å²) in [7, 11) is 1.88. The summed E-state index contributed by atoms with van der Waals surface area (Å²) in [5.41, 5.74) is 7.21. The fourth-order valence-electron chi connectivity index (χ4n) is 4.21. The van der Waals surface area contributed by atoms with Gasteiger partial charge in [-0.05, 0) is 29.8 Å². The minimum atomic E-state index is -0.130. The summed E-state index contributed by atoms with van der Waals surface area (Å²) in [5.74, 6) is 0.439. The van der Waals surface area contributed by atoms with Crippen LogP contribution < -0.4 is 5.32 Å². The van der Waals surface area contributed by atoms with Crippen molar-refractivity contribution in [1.82, 2.24) is 39.7 Å². The number of nitrogens with one attached hydrogen (secondary N) is 2. The van der Waals surface area contributed by atoms with E-state index >= 15 is 0 Å². The number of carbonyl (C=O) groups excluding carboxylic acids is 1. The molecule has 0 saturated carbocycles. The number of imidazole rings is 1. The van der Waals surface area contributed by atoms with Gasteiger partial charge in [0, 0.05) is 54.3 Å². The average Bonchev–Trinajstić information content (AvgIpc) is 3.50. The smallest absolute Gasteiger partial charge is 0.226 e. The molecule has 0 bridgehead atoms. The van der Waals surface area contributed by atoms with Crippen LogP contribution in [-0.2, 0) is 11.8 Å². The molecule has 0 saturated heterocycles. The minimum absolute atomic E-state index is 0.0672. The van der Waals surface area contributed by atoms with Crippen molar-refractivity contribution < 1.29 is 4.79 Å². The van der Waals surface area contributed by atoms with E-state index in [2.05, 4.69) is 30.2 Å². The third-order valence-electron chi connectivity index (χ3n) is 6.17. The highest BCUT2D eigenvalue weighted by Gasteiger charge is 2.18. The first-order valence-electron chi connectivity index (χ1n) is 11.8. The zero-order valence-electron chi connectivity index (χ0n) is 20.5. The zero-order valence-corrected chi connectivity index (χ0v) is 20.5. The van der Waals surface area contributed by atoms with E-state index in [1.54, 1.807) is 48.1 Å². The maximum absolute atomic E-state index is 12.1. The Balaban J connectivity index is 1.44. The summed E-state index contributed by atoms with van der Waals surface area (Å²) in [6.45, 7) is 3.69. The van der Waals surface area contributed by atoms with Gasteiger partial charge in [0.15, 0.2) is 5.82 Å². The van der Waals surface area contributed by atoms with Crippen LogP contribution in [0.2, 0.25) is 0 Å². The van der Waals surface area contributed by atoms with Crippen molar-refractivity contribution in [2.24, 2.45) is 13.0 Å². The summed E-state index contributed by atoms with van der Waals surface area (Å²) in [4.78, 5) is 37.9. The maximum atomic E-state index is 12.1. The fourth-order valence-corrected chi connectivity index (χ4v) is 4.21. The van der Waals surface area contributed by atoms with E-state index in [4.69, 9.17) is 10.1 Å². The molecule has 10 nitrogen and oxygen atoms in total. The van der Waals surface area contributed by atoms with Gasteiger partial charge in [0.25, 0.3) is 0 Å². The molecule has 0 radical (unpaired) electrons. The molecule has 0 fully saturated rings. The largest absolute Gasteiger partial charge is 0.335 e. The summed E-state index contributed by atoms with van der Waals surface area (Å²) in [6.07, 6.45) is 12.2. The monoisotopic (exact) mass is 489 g/mol. The number of pyridine rings is 4. The first kappa shape index (κ1) is 22.5. The number of fused-ring (bicyclic) bond motifs is 2. The van der Waals surface area contributed by atoms with Gasteiger partial charge in [-0.15, -0.1) is 0 Å². The van der Waals surface area contributed by atoms with Gasteiger partial charge in [-0.25, -0.2) is 4.98 Å². The highest BCUT2D eigenvalue weighted by Crippen LogP contribution is 2.32. The van der Waals surface area contributed by atoms with E-state index < -0.39 is 0 Å². The number of nitrogens with zero attached hydrogens (tertiary/aromatic N) is 7. The number of aromatic amines is 1. The molecule has 37 heavy (non-hydrogen) atoms. The molecule has 0 aliphatic heterocycles. The molecule has 6 aromatic rings. The molecule has 1 amide bonds. The first-order valence-corrected chi connectivity index (χ1v) is 11.8. The number of amides is 1. The number of carbonyl (C=O) groups is 1. The van der Waals surface area contributed by atoms with Crippen LogP contribution in [0.3, 0.4) is 0 Å². The predicted molar refractivity (Wildman–Crippen MR) is 141 cm³/mol. The molecule has 6 aromatic heterocycles. The topological polar surface area (TPSA) is 127 Å². The first-order chi connectivity index (χ1) is 18.0. The summed E-state index contributed by atoms with van der Waals surface area (Å²) >= 11 is 0. The van der Waals surface area contributed by atoms with E-state index in [-0.39, 0.29) is 11.8 Å². The summed E-state index contributed by atoms with van der Waals surface area (Å²) in [5, 5.41) is 8.53. The lowest BCUT2D eigenvalue weighted by atomic mass is 10.1. The predicted octanol–water partition coefficient (Wildman–Crippen LogP) is 4.63. The molecule has 0 unspecified atom stereocenters. The zero-order chi connectivity index (χ0) is 25.5. The van der Waals surface area contributed by atoms with Gasteiger partial charge in [0.05, 0.1) is 46.5 Å². The Morgan fingerprint density at radius 2 is 1.78 bits per heavy atom. The van der Waals surface area contributed by atoms with Crippen LogP contribution in [0.5, 0.6) is 0 Å². The molecule has 6 rings (SSSR count). The number of hydrogen-bond acceptors (Lipinski definition) is 7. The maximum Gasteiger partial charge on any atom is 0.226 e. The molecule has 6 heterocycles. The van der Waals surface area contributed by atoms with Crippen LogP contribution in [0.15, 0.2) is 67.6 Å². The van der Waals surface area contributed by atoms with Crippen LogP contribution >= 0.6 is 0 Å². The normalized spacial score (nSPS) is 11.5. The molecule has 0 aliphatic rings. The molecule has 182 valence electrons. The molecule has 0 spiro atoms.